The molecule has 0 spiro atoms. The van der Waals surface area contributed by atoms with E-state index in [-0.39, 0.29) is 16.5 Å². The Bertz CT molecular complexity index is 1140. The zero-order valence-corrected chi connectivity index (χ0v) is 27.1. The average molecular weight is 596 g/mol. The summed E-state index contributed by atoms with van der Waals surface area (Å²) in [5, 5.41) is 0. The molecule has 0 saturated heterocycles. The molecule has 0 fully saturated rings. The molecule has 0 aliphatic carbocycles. The maximum absolute atomic E-state index is 5.02. The third-order valence-corrected chi connectivity index (χ3v) is 7.01. The first-order valence-corrected chi connectivity index (χ1v) is 16.0. The van der Waals surface area contributed by atoms with Crippen LogP contribution >= 0.6 is 0 Å². The van der Waals surface area contributed by atoms with Crippen LogP contribution < -0.4 is 0 Å². The number of nitrogens with zero attached hydrogens (tertiary/aromatic N) is 2. The summed E-state index contributed by atoms with van der Waals surface area (Å²) in [6.45, 7) is 8.82. The molecule has 0 aliphatic heterocycles. The first-order chi connectivity index (χ1) is 19.7. The van der Waals surface area contributed by atoms with Gasteiger partial charge in [0.2, 0.25) is 0 Å². The summed E-state index contributed by atoms with van der Waals surface area (Å²) in [7, 11) is 0. The summed E-state index contributed by atoms with van der Waals surface area (Å²) >= 11 is 0. The smallest absolute Gasteiger partial charge is 0.0634 e. The van der Waals surface area contributed by atoms with Gasteiger partial charge in [-0.25, -0.2) is 0 Å². The minimum atomic E-state index is 0. The molecule has 2 aromatic rings. The molecule has 0 unspecified atom stereocenters. The Kier molecular flexibility index (Phi) is 21.4. The second-order valence-electron chi connectivity index (χ2n) is 10.7. The Morgan fingerprint density at radius 3 is 1.41 bits per heavy atom. The first kappa shape index (κ1) is 36.4. The largest absolute Gasteiger partial charge is 0.252 e. The molecule has 3 heteroatoms. The predicted molar refractivity (Wildman–Crippen MR) is 177 cm³/mol. The molecule has 0 bridgehead atoms. The van der Waals surface area contributed by atoms with Gasteiger partial charge in [0.1, 0.15) is 0 Å². The Morgan fingerprint density at radius 1 is 0.537 bits per heavy atom. The van der Waals surface area contributed by atoms with Crippen LogP contribution in [-0.2, 0) is 16.5 Å². The molecular weight excluding hydrogens is 543 g/mol. The molecule has 0 atom stereocenters. The third kappa shape index (κ3) is 17.1. The molecule has 0 radical (unpaired) electrons. The number of benzene rings is 2. The number of unbranched alkanes of at least 4 members (excludes halogenated alkanes) is 12. The Labute approximate surface area is 262 Å². The van der Waals surface area contributed by atoms with E-state index in [1.807, 2.05) is 0 Å². The van der Waals surface area contributed by atoms with Crippen LogP contribution in [0.5, 0.6) is 0 Å². The summed E-state index contributed by atoms with van der Waals surface area (Å²) in [6, 6.07) is 16.6. The van der Waals surface area contributed by atoms with E-state index in [1.165, 1.54) is 77.0 Å². The Hall–Kier alpha value is -2.61. The molecule has 2 nitrogen and oxygen atoms in total. The Morgan fingerprint density at radius 2 is 0.951 bits per heavy atom. The quantitative estimate of drug-likeness (QED) is 0.0752. The van der Waals surface area contributed by atoms with Crippen LogP contribution in [0.15, 0.2) is 58.5 Å². The van der Waals surface area contributed by atoms with Crippen LogP contribution in [0.1, 0.15) is 142 Å². The van der Waals surface area contributed by atoms with Gasteiger partial charge in [-0.2, -0.15) is 0 Å². The van der Waals surface area contributed by atoms with Crippen LogP contribution in [0.2, 0.25) is 0 Å². The van der Waals surface area contributed by atoms with E-state index in [0.717, 1.165) is 59.6 Å². The summed E-state index contributed by atoms with van der Waals surface area (Å²) in [5.41, 5.74) is 6.07. The average Bonchev–Trinajstić information content (AvgIpc) is 2.97. The molecule has 41 heavy (non-hydrogen) atoms. The van der Waals surface area contributed by atoms with E-state index in [1.54, 1.807) is 0 Å². The van der Waals surface area contributed by atoms with E-state index in [2.05, 4.69) is 99.9 Å². The van der Waals surface area contributed by atoms with E-state index < -0.39 is 0 Å². The van der Waals surface area contributed by atoms with Crippen molar-refractivity contribution in [3.8, 4) is 23.7 Å². The molecule has 2 rings (SSSR count). The minimum Gasteiger partial charge on any atom is -0.252 e. The summed E-state index contributed by atoms with van der Waals surface area (Å²) in [4.78, 5) is 9.94. The SMILES string of the molecule is CCCCCCCC#Cc1ccc(N=C(C)C(CCCCC)=Nc2ccc(C#CCCCCCCC)cc2)cc1.[Ni]. The van der Waals surface area contributed by atoms with Gasteiger partial charge in [-0.15, -0.1) is 0 Å². The van der Waals surface area contributed by atoms with Crippen molar-refractivity contribution in [3.05, 3.63) is 59.7 Å². The fourth-order valence-electron chi connectivity index (χ4n) is 4.48. The topological polar surface area (TPSA) is 24.7 Å². The number of rotatable bonds is 17. The second-order valence-corrected chi connectivity index (χ2v) is 10.7. The molecule has 0 amide bonds. The number of hydrogen-bond acceptors (Lipinski definition) is 2. The van der Waals surface area contributed by atoms with Crippen molar-refractivity contribution in [3.63, 3.8) is 0 Å². The van der Waals surface area contributed by atoms with Gasteiger partial charge in [-0.1, -0.05) is 109 Å². The maximum Gasteiger partial charge on any atom is 0.0634 e. The molecule has 2 aromatic carbocycles. The zero-order valence-electron chi connectivity index (χ0n) is 26.1. The van der Waals surface area contributed by atoms with E-state index in [0.29, 0.717) is 0 Å². The third-order valence-electron chi connectivity index (χ3n) is 7.01. The first-order valence-electron chi connectivity index (χ1n) is 16.0. The van der Waals surface area contributed by atoms with Crippen molar-refractivity contribution in [2.24, 2.45) is 9.98 Å². The van der Waals surface area contributed by atoms with E-state index in [9.17, 15) is 0 Å². The Balaban J connectivity index is 0.00000840. The van der Waals surface area contributed by atoms with E-state index >= 15 is 0 Å². The number of hydrogen-bond donors (Lipinski definition) is 0. The van der Waals surface area contributed by atoms with Gasteiger partial charge in [-0.3, -0.25) is 9.98 Å². The summed E-state index contributed by atoms with van der Waals surface area (Å²) < 4.78 is 0. The fraction of sp³-hybridized carbons (Fsp3) is 0.526. The molecule has 0 N–H and O–H groups in total. The van der Waals surface area contributed by atoms with Crippen LogP contribution in [0.25, 0.3) is 0 Å². The van der Waals surface area contributed by atoms with Gasteiger partial charge in [0, 0.05) is 40.5 Å². The summed E-state index contributed by atoms with van der Waals surface area (Å²) in [5.74, 6) is 13.3. The van der Waals surface area contributed by atoms with Crippen molar-refractivity contribution in [1.29, 1.82) is 0 Å². The zero-order chi connectivity index (χ0) is 28.7. The van der Waals surface area contributed by atoms with Crippen molar-refractivity contribution in [2.75, 3.05) is 0 Å². The monoisotopic (exact) mass is 594 g/mol. The molecule has 0 heterocycles. The van der Waals surface area contributed by atoms with Crippen molar-refractivity contribution in [1.82, 2.24) is 0 Å². The molecule has 224 valence electrons. The summed E-state index contributed by atoms with van der Waals surface area (Å²) in [6.07, 6.45) is 19.3. The van der Waals surface area contributed by atoms with Gasteiger partial charge in [0.25, 0.3) is 0 Å². The molecule has 0 aromatic heterocycles. The number of aliphatic imine (C=N–C) groups is 2. The van der Waals surface area contributed by atoms with Crippen molar-refractivity contribution in [2.45, 2.75) is 130 Å². The van der Waals surface area contributed by atoms with Gasteiger partial charge >= 0.3 is 0 Å². The molecular formula is C38H52N2Ni. The predicted octanol–water partition coefficient (Wildman–Crippen LogP) is 11.6. The van der Waals surface area contributed by atoms with Crippen LogP contribution in [-0.4, -0.2) is 11.4 Å². The van der Waals surface area contributed by atoms with Gasteiger partial charge in [0.15, 0.2) is 0 Å². The molecule has 0 aliphatic rings. The van der Waals surface area contributed by atoms with E-state index in [4.69, 9.17) is 9.98 Å². The maximum atomic E-state index is 5.02. The minimum absolute atomic E-state index is 0. The van der Waals surface area contributed by atoms with Crippen LogP contribution in [0.4, 0.5) is 11.4 Å². The van der Waals surface area contributed by atoms with Crippen molar-refractivity contribution < 1.29 is 16.5 Å². The standard InChI is InChI=1S/C38H52N2.Ni/c1-5-8-11-13-15-17-20-22-34-25-29-36(30-26-34)39-33(4)38(24-19-10-7-3)40-37-31-27-35(28-32-37)23-21-18-16-14-12-9-6-2;/h25-32H,5-19,24H2,1-4H3;. The van der Waals surface area contributed by atoms with Crippen LogP contribution in [0, 0.1) is 23.7 Å². The van der Waals surface area contributed by atoms with Gasteiger partial charge in [-0.05, 0) is 81.1 Å². The van der Waals surface area contributed by atoms with Gasteiger partial charge in [0.05, 0.1) is 22.8 Å². The second kappa shape index (κ2) is 24.0. The van der Waals surface area contributed by atoms with Crippen LogP contribution in [0.3, 0.4) is 0 Å². The van der Waals surface area contributed by atoms with Gasteiger partial charge < -0.3 is 0 Å². The normalized spacial score (nSPS) is 11.2. The molecule has 0 saturated carbocycles. The van der Waals surface area contributed by atoms with Crippen molar-refractivity contribution >= 4 is 22.8 Å². The fourth-order valence-corrected chi connectivity index (χ4v) is 4.48.